The molecule has 342 valence electrons. The molecule has 0 unspecified atom stereocenters. The summed E-state index contributed by atoms with van der Waals surface area (Å²) in [6, 6.07) is 74.5. The molecule has 0 N–H and O–H groups in total. The second-order valence-corrected chi connectivity index (χ2v) is 20.9. The lowest BCUT2D eigenvalue weighted by molar-refractivity contribution is 0.590. The van der Waals surface area contributed by atoms with Gasteiger partial charge in [-0.05, 0) is 87.7 Å². The molecule has 4 heterocycles. The molecule has 0 saturated carbocycles. The number of hydrogen-bond donors (Lipinski definition) is 0. The summed E-state index contributed by atoms with van der Waals surface area (Å²) in [4.78, 5) is 16.3. The lowest BCUT2D eigenvalue weighted by Crippen LogP contribution is -2.10. The van der Waals surface area contributed by atoms with Crippen LogP contribution in [0.3, 0.4) is 0 Å². The van der Waals surface area contributed by atoms with Gasteiger partial charge < -0.3 is 4.57 Å². The Bertz CT molecular complexity index is 3940. The fourth-order valence-electron chi connectivity index (χ4n) is 10.9. The molecular formula is C65H52N6. The average Bonchev–Trinajstić information content (AvgIpc) is 4.03. The summed E-state index contributed by atoms with van der Waals surface area (Å²) in [5.41, 5.74) is 15.5. The zero-order valence-electron chi connectivity index (χ0n) is 40.8. The Morgan fingerprint density at radius 2 is 0.676 bits per heavy atom. The molecule has 0 atom stereocenters. The van der Waals surface area contributed by atoms with E-state index >= 15 is 0 Å². The molecule has 6 heteroatoms. The van der Waals surface area contributed by atoms with Gasteiger partial charge in [-0.15, -0.1) is 0 Å². The molecule has 71 heavy (non-hydrogen) atoms. The third-order valence-electron chi connectivity index (χ3n) is 14.4. The maximum Gasteiger partial charge on any atom is 0.240 e. The molecule has 13 rings (SSSR count). The second-order valence-electron chi connectivity index (χ2n) is 20.9. The van der Waals surface area contributed by atoms with Gasteiger partial charge in [-0.2, -0.15) is 15.0 Å². The van der Waals surface area contributed by atoms with Gasteiger partial charge in [0.05, 0.1) is 38.8 Å². The average molecular weight is 917 g/mol. The molecule has 0 amide bonds. The Hall–Kier alpha value is -8.61. The smallest absolute Gasteiger partial charge is 0.240 e. The summed E-state index contributed by atoms with van der Waals surface area (Å²) in [7, 11) is 0. The molecule has 13 aromatic rings. The van der Waals surface area contributed by atoms with E-state index in [1.165, 1.54) is 32.9 Å². The van der Waals surface area contributed by atoms with Crippen molar-refractivity contribution in [3.63, 3.8) is 0 Å². The number of benzene rings is 9. The highest BCUT2D eigenvalue weighted by Crippen LogP contribution is 2.44. The van der Waals surface area contributed by atoms with Crippen LogP contribution in [0.15, 0.2) is 206 Å². The van der Waals surface area contributed by atoms with E-state index < -0.39 is 0 Å². The van der Waals surface area contributed by atoms with Crippen LogP contribution in [0.1, 0.15) is 52.7 Å². The van der Waals surface area contributed by atoms with E-state index in [0.29, 0.717) is 17.7 Å². The molecule has 0 aliphatic carbocycles. The monoisotopic (exact) mass is 916 g/mol. The minimum absolute atomic E-state index is 0.0182. The van der Waals surface area contributed by atoms with Crippen molar-refractivity contribution in [3.05, 3.63) is 217 Å². The van der Waals surface area contributed by atoms with Crippen LogP contribution in [0.5, 0.6) is 0 Å². The zero-order valence-corrected chi connectivity index (χ0v) is 40.8. The first kappa shape index (κ1) is 42.5. The molecule has 0 bridgehead atoms. The Kier molecular flexibility index (Phi) is 9.56. The van der Waals surface area contributed by atoms with Crippen LogP contribution in [0.4, 0.5) is 0 Å². The molecule has 0 aliphatic heterocycles. The van der Waals surface area contributed by atoms with Gasteiger partial charge in [0.1, 0.15) is 0 Å². The number of nitrogens with zero attached hydrogens (tertiary/aromatic N) is 6. The summed E-state index contributed by atoms with van der Waals surface area (Å²) in [6.45, 7) is 13.8. The second kappa shape index (κ2) is 16.0. The van der Waals surface area contributed by atoms with Crippen LogP contribution >= 0.6 is 0 Å². The van der Waals surface area contributed by atoms with Crippen LogP contribution in [0.25, 0.3) is 117 Å². The predicted octanol–water partition coefficient (Wildman–Crippen LogP) is 16.8. The topological polar surface area (TPSA) is 53.5 Å². The lowest BCUT2D eigenvalue weighted by atomic mass is 9.85. The summed E-state index contributed by atoms with van der Waals surface area (Å²) in [5, 5.41) is 7.08. The first-order valence-electron chi connectivity index (χ1n) is 24.6. The molecule has 4 aromatic heterocycles. The number of hydrogen-bond acceptors (Lipinski definition) is 3. The predicted molar refractivity (Wildman–Crippen MR) is 297 cm³/mol. The van der Waals surface area contributed by atoms with E-state index in [2.05, 4.69) is 262 Å². The van der Waals surface area contributed by atoms with Crippen molar-refractivity contribution in [1.82, 2.24) is 28.7 Å². The van der Waals surface area contributed by atoms with Crippen molar-refractivity contribution in [3.8, 4) is 51.2 Å². The first-order chi connectivity index (χ1) is 34.5. The Labute approximate surface area is 413 Å². The number of fused-ring (bicyclic) bond motifs is 9. The fourth-order valence-corrected chi connectivity index (χ4v) is 10.9. The molecular weight excluding hydrogens is 865 g/mol. The van der Waals surface area contributed by atoms with Gasteiger partial charge in [0.25, 0.3) is 0 Å². The van der Waals surface area contributed by atoms with Crippen molar-refractivity contribution in [2.45, 2.75) is 52.4 Å². The Morgan fingerprint density at radius 3 is 1.14 bits per heavy atom. The normalized spacial score (nSPS) is 12.4. The van der Waals surface area contributed by atoms with E-state index in [1.807, 2.05) is 0 Å². The van der Waals surface area contributed by atoms with Crippen LogP contribution in [-0.4, -0.2) is 28.7 Å². The largest absolute Gasteiger partial charge is 0.308 e. The van der Waals surface area contributed by atoms with E-state index in [9.17, 15) is 0 Å². The zero-order chi connectivity index (χ0) is 48.2. The lowest BCUT2D eigenvalue weighted by Gasteiger charge is -2.21. The molecule has 0 saturated heterocycles. The Balaban J connectivity index is 1.08. The number of para-hydroxylation sites is 5. The Morgan fingerprint density at radius 1 is 0.296 bits per heavy atom. The van der Waals surface area contributed by atoms with Crippen molar-refractivity contribution in [2.75, 3.05) is 0 Å². The van der Waals surface area contributed by atoms with Gasteiger partial charge in [-0.3, -0.25) is 9.13 Å². The van der Waals surface area contributed by atoms with Gasteiger partial charge in [0.15, 0.2) is 5.82 Å². The van der Waals surface area contributed by atoms with E-state index in [4.69, 9.17) is 15.0 Å². The third-order valence-corrected chi connectivity index (χ3v) is 14.4. The molecule has 0 radical (unpaired) electrons. The maximum atomic E-state index is 5.45. The summed E-state index contributed by atoms with van der Waals surface area (Å²) in [6.07, 6.45) is 0. The number of aromatic nitrogens is 6. The van der Waals surface area contributed by atoms with Gasteiger partial charge in [0.2, 0.25) is 11.9 Å². The van der Waals surface area contributed by atoms with E-state index in [1.54, 1.807) is 0 Å². The minimum Gasteiger partial charge on any atom is -0.308 e. The molecule has 0 fully saturated rings. The molecule has 0 spiro atoms. The minimum atomic E-state index is -0.0182. The van der Waals surface area contributed by atoms with Gasteiger partial charge in [-0.25, -0.2) is 0 Å². The van der Waals surface area contributed by atoms with Crippen molar-refractivity contribution >= 4 is 65.4 Å². The standard InChI is InChI=1S/C65H52N6/c1-64(2,3)44-34-36-58-52(39-44)53-40-45(65(4,5)6)35-37-59(53)69(58)60-46(41-20-8-7-9-21-41)28-19-29-47(60)42-22-18-23-43(38-42)61-66-62(70-54-30-14-10-24-48(54)49-25-11-15-31-55(49)70)68-63(67-61)71-56-32-16-12-26-50(56)51-27-13-17-33-57(51)71/h7-40H,1-6H3. The van der Waals surface area contributed by atoms with Gasteiger partial charge >= 0.3 is 0 Å². The van der Waals surface area contributed by atoms with Crippen molar-refractivity contribution < 1.29 is 0 Å². The summed E-state index contributed by atoms with van der Waals surface area (Å²) < 4.78 is 6.89. The highest BCUT2D eigenvalue weighted by atomic mass is 15.3. The third kappa shape index (κ3) is 6.88. The first-order valence-corrected chi connectivity index (χ1v) is 24.6. The fraction of sp³-hybridized carbons (Fsp3) is 0.123. The van der Waals surface area contributed by atoms with Crippen LogP contribution < -0.4 is 0 Å². The highest BCUT2D eigenvalue weighted by molar-refractivity contribution is 6.12. The summed E-state index contributed by atoms with van der Waals surface area (Å²) >= 11 is 0. The number of rotatable bonds is 6. The summed E-state index contributed by atoms with van der Waals surface area (Å²) in [5.74, 6) is 1.68. The SMILES string of the molecule is CC(C)(C)c1ccc2c(c1)c1cc(C(C)(C)C)ccc1n2-c1c(-c2ccccc2)cccc1-c1cccc(-c2nc(-n3c4ccccc4c4ccccc43)nc(-n3c4ccccc4c4ccccc43)n2)c1. The van der Waals surface area contributed by atoms with Gasteiger partial charge in [0, 0.05) is 49.0 Å². The molecule has 0 aliphatic rings. The van der Waals surface area contributed by atoms with E-state index in [-0.39, 0.29) is 10.8 Å². The van der Waals surface area contributed by atoms with Crippen LogP contribution in [-0.2, 0) is 10.8 Å². The quantitative estimate of drug-likeness (QED) is 0.167. The van der Waals surface area contributed by atoms with Crippen LogP contribution in [0, 0.1) is 0 Å². The van der Waals surface area contributed by atoms with Crippen LogP contribution in [0.2, 0.25) is 0 Å². The van der Waals surface area contributed by atoms with E-state index in [0.717, 1.165) is 77.1 Å². The van der Waals surface area contributed by atoms with Crippen molar-refractivity contribution in [2.24, 2.45) is 0 Å². The molecule has 6 nitrogen and oxygen atoms in total. The molecule has 9 aromatic carbocycles. The maximum absolute atomic E-state index is 5.45. The highest BCUT2D eigenvalue weighted by Gasteiger charge is 2.25. The van der Waals surface area contributed by atoms with Gasteiger partial charge in [-0.1, -0.05) is 193 Å². The van der Waals surface area contributed by atoms with Crippen molar-refractivity contribution in [1.29, 1.82) is 0 Å².